The molecule has 2 aromatic rings. The number of rotatable bonds is 6. The highest BCUT2D eigenvalue weighted by Crippen LogP contribution is 2.28. The molecular weight excluding hydrogens is 355 g/mol. The van der Waals surface area contributed by atoms with Crippen LogP contribution in [0.1, 0.15) is 11.1 Å². The molecule has 0 radical (unpaired) electrons. The van der Waals surface area contributed by atoms with Gasteiger partial charge in [-0.2, -0.15) is 0 Å². The molecule has 0 aliphatic heterocycles. The van der Waals surface area contributed by atoms with Crippen LogP contribution in [0.4, 0.5) is 0 Å². The molecule has 23 heavy (non-hydrogen) atoms. The van der Waals surface area contributed by atoms with Crippen molar-refractivity contribution in [2.45, 2.75) is 18.0 Å². The van der Waals surface area contributed by atoms with Crippen molar-refractivity contribution in [2.75, 3.05) is 14.1 Å². The van der Waals surface area contributed by atoms with E-state index >= 15 is 0 Å². The predicted molar refractivity (Wildman–Crippen MR) is 94.3 cm³/mol. The first-order chi connectivity index (χ1) is 10.8. The van der Waals surface area contributed by atoms with E-state index in [-0.39, 0.29) is 21.5 Å². The van der Waals surface area contributed by atoms with Gasteiger partial charge in [0, 0.05) is 13.1 Å². The predicted octanol–water partition coefficient (Wildman–Crippen LogP) is 3.53. The number of sulfonamides is 1. The molecule has 0 aliphatic carbocycles. The van der Waals surface area contributed by atoms with Gasteiger partial charge in [0.15, 0.2) is 0 Å². The lowest BCUT2D eigenvalue weighted by Crippen LogP contribution is -2.24. The first kappa shape index (κ1) is 18.2. The first-order valence-electron chi connectivity index (χ1n) is 6.96. The minimum Gasteiger partial charge on any atom is -0.305 e. The van der Waals surface area contributed by atoms with E-state index in [9.17, 15) is 8.42 Å². The third kappa shape index (κ3) is 4.68. The van der Waals surface area contributed by atoms with Crippen LogP contribution in [0.25, 0.3) is 0 Å². The fourth-order valence-electron chi connectivity index (χ4n) is 2.17. The highest BCUT2D eigenvalue weighted by atomic mass is 35.5. The Morgan fingerprint density at radius 3 is 2.30 bits per heavy atom. The minimum atomic E-state index is -3.74. The topological polar surface area (TPSA) is 49.4 Å². The summed E-state index contributed by atoms with van der Waals surface area (Å²) < 4.78 is 27.5. The van der Waals surface area contributed by atoms with Crippen molar-refractivity contribution < 1.29 is 8.42 Å². The SMILES string of the molecule is CN(C)Cc1ccccc1CNS(=O)(=O)c1cccc(Cl)c1Cl. The molecule has 0 aromatic heterocycles. The molecule has 0 saturated carbocycles. The van der Waals surface area contributed by atoms with Gasteiger partial charge < -0.3 is 4.90 Å². The molecule has 0 spiro atoms. The Hall–Kier alpha value is -1.11. The summed E-state index contributed by atoms with van der Waals surface area (Å²) in [6.45, 7) is 0.922. The molecular formula is C16H18Cl2N2O2S. The van der Waals surface area contributed by atoms with E-state index in [2.05, 4.69) is 4.72 Å². The van der Waals surface area contributed by atoms with E-state index in [0.717, 1.165) is 17.7 Å². The molecule has 0 heterocycles. The van der Waals surface area contributed by atoms with Crippen LogP contribution in [0, 0.1) is 0 Å². The highest BCUT2D eigenvalue weighted by Gasteiger charge is 2.19. The number of benzene rings is 2. The van der Waals surface area contributed by atoms with Crippen molar-refractivity contribution in [1.82, 2.24) is 9.62 Å². The first-order valence-corrected chi connectivity index (χ1v) is 9.20. The molecule has 0 atom stereocenters. The lowest BCUT2D eigenvalue weighted by molar-refractivity contribution is 0.400. The molecule has 4 nitrogen and oxygen atoms in total. The minimum absolute atomic E-state index is 0.0169. The molecule has 0 bridgehead atoms. The van der Waals surface area contributed by atoms with Gasteiger partial charge in [0.2, 0.25) is 10.0 Å². The van der Waals surface area contributed by atoms with Crippen LogP contribution < -0.4 is 4.72 Å². The van der Waals surface area contributed by atoms with E-state index in [1.54, 1.807) is 12.1 Å². The van der Waals surface area contributed by atoms with E-state index in [1.807, 2.05) is 43.3 Å². The molecule has 0 aliphatic rings. The van der Waals surface area contributed by atoms with Crippen molar-refractivity contribution in [3.05, 3.63) is 63.6 Å². The van der Waals surface area contributed by atoms with Gasteiger partial charge in [-0.15, -0.1) is 0 Å². The van der Waals surface area contributed by atoms with Crippen molar-refractivity contribution in [1.29, 1.82) is 0 Å². The lowest BCUT2D eigenvalue weighted by atomic mass is 10.1. The molecule has 0 saturated heterocycles. The second-order valence-electron chi connectivity index (χ2n) is 5.38. The van der Waals surface area contributed by atoms with Gasteiger partial charge in [-0.1, -0.05) is 53.5 Å². The quantitative estimate of drug-likeness (QED) is 0.843. The summed E-state index contributed by atoms with van der Waals surface area (Å²) in [4.78, 5) is 2.01. The summed E-state index contributed by atoms with van der Waals surface area (Å²) >= 11 is 11.9. The molecule has 7 heteroatoms. The highest BCUT2D eigenvalue weighted by molar-refractivity contribution is 7.89. The Bertz CT molecular complexity index is 792. The zero-order valence-electron chi connectivity index (χ0n) is 12.9. The Morgan fingerprint density at radius 2 is 1.65 bits per heavy atom. The fraction of sp³-hybridized carbons (Fsp3) is 0.250. The molecule has 2 rings (SSSR count). The van der Waals surface area contributed by atoms with Crippen LogP contribution in [-0.2, 0) is 23.1 Å². The summed E-state index contributed by atoms with van der Waals surface area (Å²) in [6, 6.07) is 12.2. The van der Waals surface area contributed by atoms with Crippen molar-refractivity contribution in [3.8, 4) is 0 Å². The van der Waals surface area contributed by atoms with Gasteiger partial charge in [0.05, 0.1) is 10.0 Å². The monoisotopic (exact) mass is 372 g/mol. The van der Waals surface area contributed by atoms with Gasteiger partial charge in [0.1, 0.15) is 4.90 Å². The molecule has 1 N–H and O–H groups in total. The van der Waals surface area contributed by atoms with Gasteiger partial charge in [-0.25, -0.2) is 13.1 Å². The number of halogens is 2. The summed E-state index contributed by atoms with van der Waals surface area (Å²) in [5, 5.41) is 0.241. The number of hydrogen-bond acceptors (Lipinski definition) is 3. The maximum absolute atomic E-state index is 12.4. The summed E-state index contributed by atoms with van der Waals surface area (Å²) in [5.41, 5.74) is 1.99. The summed E-state index contributed by atoms with van der Waals surface area (Å²) in [7, 11) is 0.193. The van der Waals surface area contributed by atoms with E-state index in [4.69, 9.17) is 23.2 Å². The Morgan fingerprint density at radius 1 is 1.00 bits per heavy atom. The Kier molecular flexibility index (Phi) is 6.06. The van der Waals surface area contributed by atoms with E-state index in [1.165, 1.54) is 6.07 Å². The zero-order chi connectivity index (χ0) is 17.0. The van der Waals surface area contributed by atoms with E-state index in [0.29, 0.717) is 0 Å². The smallest absolute Gasteiger partial charge is 0.242 e. The van der Waals surface area contributed by atoms with Crippen LogP contribution >= 0.6 is 23.2 Å². The van der Waals surface area contributed by atoms with Crippen LogP contribution in [0.2, 0.25) is 10.0 Å². The molecule has 124 valence electrons. The third-order valence-corrected chi connectivity index (χ3v) is 5.64. The lowest BCUT2D eigenvalue weighted by Gasteiger charge is -2.15. The standard InChI is InChI=1S/C16H18Cl2N2O2S/c1-20(2)11-13-7-4-3-6-12(13)10-19-23(21,22)15-9-5-8-14(17)16(15)18/h3-9,19H,10-11H2,1-2H3. The Labute approximate surface area is 147 Å². The fourth-order valence-corrected chi connectivity index (χ4v) is 3.93. The normalized spacial score (nSPS) is 11.9. The average molecular weight is 373 g/mol. The van der Waals surface area contributed by atoms with Crippen LogP contribution in [0.3, 0.4) is 0 Å². The van der Waals surface area contributed by atoms with Gasteiger partial charge >= 0.3 is 0 Å². The van der Waals surface area contributed by atoms with Crippen molar-refractivity contribution in [2.24, 2.45) is 0 Å². The van der Waals surface area contributed by atoms with Crippen LogP contribution in [0.15, 0.2) is 47.4 Å². The van der Waals surface area contributed by atoms with E-state index < -0.39 is 10.0 Å². The molecule has 0 fully saturated rings. The second-order valence-corrected chi connectivity index (χ2v) is 7.90. The molecule has 0 amide bonds. The third-order valence-electron chi connectivity index (χ3n) is 3.26. The van der Waals surface area contributed by atoms with Crippen molar-refractivity contribution >= 4 is 33.2 Å². The number of hydrogen-bond donors (Lipinski definition) is 1. The van der Waals surface area contributed by atoms with Gasteiger partial charge in [-0.05, 0) is 37.4 Å². The largest absolute Gasteiger partial charge is 0.305 e. The summed E-state index contributed by atoms with van der Waals surface area (Å²) in [5.74, 6) is 0. The summed E-state index contributed by atoms with van der Waals surface area (Å²) in [6.07, 6.45) is 0. The number of nitrogens with zero attached hydrogens (tertiary/aromatic N) is 1. The number of nitrogens with one attached hydrogen (secondary N) is 1. The Balaban J connectivity index is 2.22. The van der Waals surface area contributed by atoms with Crippen molar-refractivity contribution in [3.63, 3.8) is 0 Å². The van der Waals surface area contributed by atoms with Gasteiger partial charge in [-0.3, -0.25) is 0 Å². The second kappa shape index (κ2) is 7.64. The zero-order valence-corrected chi connectivity index (χ0v) is 15.2. The molecule has 2 aromatic carbocycles. The maximum atomic E-state index is 12.4. The maximum Gasteiger partial charge on any atom is 0.242 e. The van der Waals surface area contributed by atoms with Crippen LogP contribution in [-0.4, -0.2) is 27.4 Å². The molecule has 0 unspecified atom stereocenters. The van der Waals surface area contributed by atoms with Gasteiger partial charge in [0.25, 0.3) is 0 Å². The van der Waals surface area contributed by atoms with Crippen LogP contribution in [0.5, 0.6) is 0 Å². The average Bonchev–Trinajstić information content (AvgIpc) is 2.48.